The van der Waals surface area contributed by atoms with Gasteiger partial charge in [-0.2, -0.15) is 13.2 Å². The zero-order chi connectivity index (χ0) is 31.3. The summed E-state index contributed by atoms with van der Waals surface area (Å²) in [5, 5.41) is 13.4. The Kier molecular flexibility index (Phi) is 7.20. The third-order valence-corrected chi connectivity index (χ3v) is 7.33. The second-order valence-corrected chi connectivity index (χ2v) is 10.2. The molecule has 0 spiro atoms. The van der Waals surface area contributed by atoms with Crippen molar-refractivity contribution in [2.75, 3.05) is 20.3 Å². The first-order valence-corrected chi connectivity index (χ1v) is 12.6. The zero-order valence-corrected chi connectivity index (χ0v) is 22.6. The van der Waals surface area contributed by atoms with Gasteiger partial charge in [0.25, 0.3) is 5.91 Å². The average molecular weight is 603 g/mol. The number of aromatic nitrogens is 2. The van der Waals surface area contributed by atoms with Crippen LogP contribution in [0, 0.1) is 11.6 Å². The lowest BCUT2D eigenvalue weighted by molar-refractivity contribution is -0.265. The van der Waals surface area contributed by atoms with Gasteiger partial charge >= 0.3 is 6.18 Å². The maximum absolute atomic E-state index is 14.6. The van der Waals surface area contributed by atoms with Crippen molar-refractivity contribution in [3.8, 4) is 22.8 Å². The predicted octanol–water partition coefficient (Wildman–Crippen LogP) is 3.90. The molecule has 5 rings (SSSR count). The first-order valence-electron chi connectivity index (χ1n) is 12.6. The van der Waals surface area contributed by atoms with Crippen LogP contribution in [0.4, 0.5) is 22.0 Å². The summed E-state index contributed by atoms with van der Waals surface area (Å²) in [4.78, 5) is 33.4. The van der Waals surface area contributed by atoms with Crippen LogP contribution in [-0.4, -0.2) is 53.3 Å². The molecule has 0 bridgehead atoms. The quantitative estimate of drug-likeness (QED) is 0.273. The van der Waals surface area contributed by atoms with Crippen molar-refractivity contribution >= 4 is 22.7 Å². The van der Waals surface area contributed by atoms with E-state index >= 15 is 0 Å². The summed E-state index contributed by atoms with van der Waals surface area (Å²) in [6.45, 7) is -0.379. The summed E-state index contributed by atoms with van der Waals surface area (Å²) in [6.07, 6.45) is -4.47. The zero-order valence-electron chi connectivity index (χ0n) is 22.6. The van der Waals surface area contributed by atoms with Crippen LogP contribution in [0.3, 0.4) is 0 Å². The molecule has 0 aliphatic carbocycles. The van der Waals surface area contributed by atoms with Crippen molar-refractivity contribution in [2.24, 2.45) is 5.73 Å². The van der Waals surface area contributed by atoms with Gasteiger partial charge in [0.15, 0.2) is 0 Å². The summed E-state index contributed by atoms with van der Waals surface area (Å²) in [6, 6.07) is 8.90. The van der Waals surface area contributed by atoms with Crippen molar-refractivity contribution in [1.82, 2.24) is 15.3 Å². The van der Waals surface area contributed by atoms with E-state index in [0.717, 1.165) is 30.5 Å². The molecule has 9 nitrogen and oxygen atoms in total. The van der Waals surface area contributed by atoms with Crippen molar-refractivity contribution in [1.29, 1.82) is 0 Å². The molecule has 2 aromatic heterocycles. The standard InChI is InChI=1S/C29H23F5N4O5/c1-27(26(35)40)13-43-24-19(27)10-21(38-23(24)14-3-5-17(30)6-4-14)28(41,29(32,33)34)12-37-25(39)16-7-15-8-18(31)11-36-22(15)20(9-16)42-2/h3-11,41H,12-13H2,1-2H3,(H2,35,40)(H,37,39)/t27-,28-/m0/s1. The Morgan fingerprint density at radius 3 is 2.44 bits per heavy atom. The van der Waals surface area contributed by atoms with Crippen LogP contribution in [0.1, 0.15) is 28.5 Å². The largest absolute Gasteiger partial charge is 0.494 e. The van der Waals surface area contributed by atoms with Crippen LogP contribution in [-0.2, 0) is 15.8 Å². The Morgan fingerprint density at radius 1 is 1.12 bits per heavy atom. The number of nitrogens with two attached hydrogens (primary N) is 1. The molecule has 0 saturated heterocycles. The second-order valence-electron chi connectivity index (χ2n) is 10.2. The number of nitrogens with zero attached hydrogens (tertiary/aromatic N) is 2. The molecule has 2 atom stereocenters. The third kappa shape index (κ3) is 5.07. The van der Waals surface area contributed by atoms with Crippen molar-refractivity contribution < 1.29 is 46.1 Å². The topological polar surface area (TPSA) is 137 Å². The first-order chi connectivity index (χ1) is 20.2. The summed E-state index contributed by atoms with van der Waals surface area (Å²) in [5.74, 6) is -3.31. The van der Waals surface area contributed by atoms with Gasteiger partial charge in [-0.1, -0.05) is 0 Å². The normalized spacial score (nSPS) is 17.6. The van der Waals surface area contributed by atoms with E-state index < -0.39 is 52.9 Å². The fourth-order valence-corrected chi connectivity index (χ4v) is 4.73. The molecule has 2 amide bonds. The van der Waals surface area contributed by atoms with Crippen LogP contribution < -0.4 is 20.5 Å². The highest BCUT2D eigenvalue weighted by Gasteiger charge is 2.57. The number of nitrogens with one attached hydrogen (secondary N) is 1. The maximum Gasteiger partial charge on any atom is 0.424 e. The number of benzene rings is 2. The fourth-order valence-electron chi connectivity index (χ4n) is 4.73. The monoisotopic (exact) mass is 602 g/mol. The van der Waals surface area contributed by atoms with E-state index in [1.165, 1.54) is 38.3 Å². The molecule has 4 N–H and O–H groups in total. The minimum absolute atomic E-state index is 0.0590. The van der Waals surface area contributed by atoms with Gasteiger partial charge in [0, 0.05) is 22.1 Å². The number of rotatable bonds is 7. The van der Waals surface area contributed by atoms with E-state index in [0.29, 0.717) is 0 Å². The van der Waals surface area contributed by atoms with Crippen LogP contribution in [0.2, 0.25) is 0 Å². The lowest BCUT2D eigenvalue weighted by atomic mass is 9.81. The van der Waals surface area contributed by atoms with Crippen molar-refractivity contribution in [3.05, 3.63) is 83.2 Å². The molecule has 1 aliphatic heterocycles. The number of aliphatic hydroxyl groups is 1. The van der Waals surface area contributed by atoms with E-state index in [1.54, 1.807) is 0 Å². The number of carbonyl (C=O) groups is 2. The van der Waals surface area contributed by atoms with Crippen molar-refractivity contribution in [3.63, 3.8) is 0 Å². The molecular weight excluding hydrogens is 579 g/mol. The highest BCUT2D eigenvalue weighted by Crippen LogP contribution is 2.47. The number of fused-ring (bicyclic) bond motifs is 2. The Bertz CT molecular complexity index is 1770. The maximum atomic E-state index is 14.6. The molecule has 0 unspecified atom stereocenters. The molecular formula is C29H23F5N4O5. The number of ether oxygens (including phenoxy) is 2. The highest BCUT2D eigenvalue weighted by atomic mass is 19.4. The van der Waals surface area contributed by atoms with Gasteiger partial charge in [-0.3, -0.25) is 9.59 Å². The number of hydrogen-bond donors (Lipinski definition) is 3. The number of halogens is 5. The molecule has 0 radical (unpaired) electrons. The smallest absolute Gasteiger partial charge is 0.424 e. The third-order valence-electron chi connectivity index (χ3n) is 7.33. The lowest BCUT2D eigenvalue weighted by Crippen LogP contribution is -2.51. The Balaban J connectivity index is 1.59. The van der Waals surface area contributed by atoms with E-state index in [4.69, 9.17) is 15.2 Å². The van der Waals surface area contributed by atoms with E-state index in [9.17, 15) is 36.6 Å². The molecule has 0 saturated carbocycles. The highest BCUT2D eigenvalue weighted by molar-refractivity contribution is 6.00. The molecule has 224 valence electrons. The average Bonchev–Trinajstić information content (AvgIpc) is 3.32. The number of alkyl halides is 3. The van der Waals surface area contributed by atoms with Crippen LogP contribution in [0.5, 0.6) is 11.5 Å². The predicted molar refractivity (Wildman–Crippen MR) is 142 cm³/mol. The van der Waals surface area contributed by atoms with Gasteiger partial charge in [-0.25, -0.2) is 18.7 Å². The Hall–Kier alpha value is -4.85. The minimum atomic E-state index is -5.40. The van der Waals surface area contributed by atoms with Gasteiger partial charge in [-0.15, -0.1) is 0 Å². The van der Waals surface area contributed by atoms with Crippen LogP contribution in [0.25, 0.3) is 22.2 Å². The molecule has 3 heterocycles. The molecule has 1 aliphatic rings. The number of methoxy groups -OCH3 is 1. The summed E-state index contributed by atoms with van der Waals surface area (Å²) < 4.78 is 82.1. The summed E-state index contributed by atoms with van der Waals surface area (Å²) in [7, 11) is 1.27. The van der Waals surface area contributed by atoms with Gasteiger partial charge in [-0.05, 0) is 55.5 Å². The van der Waals surface area contributed by atoms with Gasteiger partial charge in [0.1, 0.15) is 46.4 Å². The number of carbonyl (C=O) groups excluding carboxylic acids is 2. The molecule has 2 aromatic carbocycles. The summed E-state index contributed by atoms with van der Waals surface area (Å²) >= 11 is 0. The number of primary amides is 1. The minimum Gasteiger partial charge on any atom is -0.494 e. The molecule has 4 aromatic rings. The van der Waals surface area contributed by atoms with Crippen LogP contribution in [0.15, 0.2) is 54.7 Å². The molecule has 43 heavy (non-hydrogen) atoms. The van der Waals surface area contributed by atoms with E-state index in [1.807, 2.05) is 0 Å². The molecule has 0 fully saturated rings. The Labute approximate surface area is 240 Å². The van der Waals surface area contributed by atoms with E-state index in [-0.39, 0.29) is 51.4 Å². The van der Waals surface area contributed by atoms with E-state index in [2.05, 4.69) is 15.3 Å². The lowest BCUT2D eigenvalue weighted by Gasteiger charge is -2.31. The fraction of sp³-hybridized carbons (Fsp3) is 0.241. The van der Waals surface area contributed by atoms with Crippen LogP contribution >= 0.6 is 0 Å². The number of hydrogen-bond acceptors (Lipinski definition) is 7. The molecule has 14 heteroatoms. The second kappa shape index (κ2) is 10.5. The number of pyridine rings is 2. The summed E-state index contributed by atoms with van der Waals surface area (Å²) in [5.41, 5.74) is -0.938. The van der Waals surface area contributed by atoms with Gasteiger partial charge in [0.2, 0.25) is 11.5 Å². The van der Waals surface area contributed by atoms with Crippen molar-refractivity contribution in [2.45, 2.75) is 24.1 Å². The van der Waals surface area contributed by atoms with Gasteiger partial charge < -0.3 is 25.6 Å². The SMILES string of the molecule is COc1cc(C(=O)NC[C@](O)(c2cc3c(c(-c4ccc(F)cc4)n2)OC[C@]3(C)C(N)=O)C(F)(F)F)cc2cc(F)cnc12. The Morgan fingerprint density at radius 2 is 1.81 bits per heavy atom. The number of amides is 2. The van der Waals surface area contributed by atoms with Gasteiger partial charge in [0.05, 0.1) is 25.5 Å². The first kappa shape index (κ1) is 29.6.